The fourth-order valence-corrected chi connectivity index (χ4v) is 0.460. The number of hydrogen-bond donors (Lipinski definition) is 2. The molecule has 4 heteroatoms. The Hall–Kier alpha value is -0.160. The lowest BCUT2D eigenvalue weighted by molar-refractivity contribution is -0.101. The third-order valence-corrected chi connectivity index (χ3v) is 0.936. The smallest absolute Gasteiger partial charge is 0.202 e. The van der Waals surface area contributed by atoms with E-state index in [1.165, 1.54) is 0 Å². The van der Waals surface area contributed by atoms with Gasteiger partial charge in [0.25, 0.3) is 0 Å². The lowest BCUT2D eigenvalue weighted by Crippen LogP contribution is -2.18. The number of hydrogen-bond acceptors (Lipinski definition) is 4. The Labute approximate surface area is 48.0 Å². The lowest BCUT2D eigenvalue weighted by Gasteiger charge is -2.07. The van der Waals surface area contributed by atoms with Crippen molar-refractivity contribution in [3.05, 3.63) is 0 Å². The van der Waals surface area contributed by atoms with Gasteiger partial charge in [-0.3, -0.25) is 9.68 Å². The van der Waals surface area contributed by atoms with Crippen molar-refractivity contribution in [2.24, 2.45) is 5.92 Å². The fraction of sp³-hybridized carbons (Fsp3) is 1.00. The molecule has 1 aliphatic heterocycles. The van der Waals surface area contributed by atoms with Gasteiger partial charge in [0.1, 0.15) is 0 Å². The van der Waals surface area contributed by atoms with Gasteiger partial charge < -0.3 is 0 Å². The van der Waals surface area contributed by atoms with Crippen molar-refractivity contribution in [3.8, 4) is 0 Å². The third-order valence-electron chi connectivity index (χ3n) is 0.936. The van der Waals surface area contributed by atoms with Crippen molar-refractivity contribution in [2.75, 3.05) is 0 Å². The Bertz CT molecular complexity index is 70.4. The number of hydrazine groups is 1. The molecule has 1 heterocycles. The van der Waals surface area contributed by atoms with Crippen LogP contribution in [0.2, 0.25) is 0 Å². The molecule has 48 valence electrons. The quantitative estimate of drug-likeness (QED) is 0.506. The van der Waals surface area contributed by atoms with E-state index in [1.54, 1.807) is 0 Å². The topological polar surface area (TPSA) is 42.5 Å². The highest BCUT2D eigenvalue weighted by Crippen LogP contribution is 2.06. The zero-order valence-corrected chi connectivity index (χ0v) is 4.97. The van der Waals surface area contributed by atoms with Gasteiger partial charge in [-0.05, 0) is 0 Å². The predicted molar refractivity (Wildman–Crippen MR) is 27.1 cm³/mol. The second-order valence-electron chi connectivity index (χ2n) is 2.05. The van der Waals surface area contributed by atoms with Crippen LogP contribution in [0.1, 0.15) is 13.8 Å². The van der Waals surface area contributed by atoms with E-state index in [9.17, 15) is 0 Å². The Morgan fingerprint density at radius 2 is 1.75 bits per heavy atom. The lowest BCUT2D eigenvalue weighted by atomic mass is 10.2. The summed E-state index contributed by atoms with van der Waals surface area (Å²) in [6.07, 6.45) is -0.157. The minimum atomic E-state index is -0.157. The fourth-order valence-electron chi connectivity index (χ4n) is 0.460. The van der Waals surface area contributed by atoms with Crippen LogP contribution < -0.4 is 11.2 Å². The van der Waals surface area contributed by atoms with Crippen LogP contribution in [0.4, 0.5) is 0 Å². The van der Waals surface area contributed by atoms with Gasteiger partial charge in [0.15, 0.2) is 0 Å². The van der Waals surface area contributed by atoms with E-state index in [2.05, 4.69) is 11.2 Å². The van der Waals surface area contributed by atoms with Gasteiger partial charge in [-0.1, -0.05) is 13.8 Å². The molecule has 1 fully saturated rings. The summed E-state index contributed by atoms with van der Waals surface area (Å²) in [4.78, 5) is 9.66. The van der Waals surface area contributed by atoms with Crippen LogP contribution in [-0.2, 0) is 9.68 Å². The van der Waals surface area contributed by atoms with Gasteiger partial charge in [-0.2, -0.15) is 0 Å². The standard InChI is InChI=1S/C4H10N2O2/c1-3(2)4-7-5-6-8-4/h3-6H,1-2H3. The van der Waals surface area contributed by atoms with Gasteiger partial charge >= 0.3 is 0 Å². The molecule has 2 N–H and O–H groups in total. The molecule has 8 heavy (non-hydrogen) atoms. The van der Waals surface area contributed by atoms with Crippen molar-refractivity contribution in [1.82, 2.24) is 11.2 Å². The first-order chi connectivity index (χ1) is 3.80. The Balaban J connectivity index is 2.24. The summed E-state index contributed by atoms with van der Waals surface area (Å²) in [7, 11) is 0. The summed E-state index contributed by atoms with van der Waals surface area (Å²) in [5.41, 5.74) is 4.76. The molecular formula is C4H10N2O2. The summed E-state index contributed by atoms with van der Waals surface area (Å²) in [6.45, 7) is 4.03. The monoisotopic (exact) mass is 118 g/mol. The molecule has 0 radical (unpaired) electrons. The molecule has 1 rings (SSSR count). The second kappa shape index (κ2) is 2.41. The molecule has 1 saturated heterocycles. The molecule has 0 bridgehead atoms. The summed E-state index contributed by atoms with van der Waals surface area (Å²) >= 11 is 0. The molecule has 0 unspecified atom stereocenters. The Kier molecular flexibility index (Phi) is 1.80. The highest BCUT2D eigenvalue weighted by atomic mass is 16.9. The highest BCUT2D eigenvalue weighted by Gasteiger charge is 2.19. The van der Waals surface area contributed by atoms with E-state index in [0.717, 1.165) is 0 Å². The van der Waals surface area contributed by atoms with Crippen molar-refractivity contribution in [2.45, 2.75) is 20.1 Å². The van der Waals surface area contributed by atoms with E-state index in [-0.39, 0.29) is 6.29 Å². The molecule has 0 aromatic carbocycles. The van der Waals surface area contributed by atoms with Crippen molar-refractivity contribution in [3.63, 3.8) is 0 Å². The van der Waals surface area contributed by atoms with E-state index >= 15 is 0 Å². The molecule has 0 atom stereocenters. The summed E-state index contributed by atoms with van der Waals surface area (Å²) in [5.74, 6) is 0.373. The first-order valence-corrected chi connectivity index (χ1v) is 2.62. The number of rotatable bonds is 1. The molecule has 0 spiro atoms. The van der Waals surface area contributed by atoms with Crippen LogP contribution in [0.15, 0.2) is 0 Å². The molecule has 4 nitrogen and oxygen atoms in total. The first-order valence-electron chi connectivity index (χ1n) is 2.62. The van der Waals surface area contributed by atoms with E-state index in [1.807, 2.05) is 13.8 Å². The minimum absolute atomic E-state index is 0.157. The summed E-state index contributed by atoms with van der Waals surface area (Å²) in [5, 5.41) is 0. The first kappa shape index (κ1) is 5.97. The minimum Gasteiger partial charge on any atom is -0.251 e. The molecule has 1 aliphatic rings. The van der Waals surface area contributed by atoms with Crippen molar-refractivity contribution >= 4 is 0 Å². The van der Waals surface area contributed by atoms with Crippen LogP contribution in [0.25, 0.3) is 0 Å². The third kappa shape index (κ3) is 1.16. The highest BCUT2D eigenvalue weighted by molar-refractivity contribution is 4.48. The van der Waals surface area contributed by atoms with Gasteiger partial charge in [-0.25, -0.2) is 0 Å². The average Bonchev–Trinajstić information content (AvgIpc) is 2.12. The van der Waals surface area contributed by atoms with Crippen LogP contribution in [0.3, 0.4) is 0 Å². The van der Waals surface area contributed by atoms with Gasteiger partial charge in [0, 0.05) is 5.92 Å². The number of nitrogens with one attached hydrogen (secondary N) is 2. The normalized spacial score (nSPS) is 22.9. The predicted octanol–water partition coefficient (Wildman–Crippen LogP) is -0.0605. The van der Waals surface area contributed by atoms with Gasteiger partial charge in [0.05, 0.1) is 0 Å². The molecular weight excluding hydrogens is 108 g/mol. The SMILES string of the molecule is CC(C)C1ONNO1. The van der Waals surface area contributed by atoms with Crippen LogP contribution in [0, 0.1) is 5.92 Å². The summed E-state index contributed by atoms with van der Waals surface area (Å²) < 4.78 is 0. The van der Waals surface area contributed by atoms with Crippen LogP contribution in [-0.4, -0.2) is 6.29 Å². The average molecular weight is 118 g/mol. The van der Waals surface area contributed by atoms with Crippen molar-refractivity contribution < 1.29 is 9.68 Å². The zero-order valence-electron chi connectivity index (χ0n) is 4.97. The maximum absolute atomic E-state index is 4.83. The maximum Gasteiger partial charge on any atom is 0.202 e. The van der Waals surface area contributed by atoms with Crippen LogP contribution in [0.5, 0.6) is 0 Å². The molecule has 0 saturated carbocycles. The Morgan fingerprint density at radius 1 is 1.25 bits per heavy atom. The van der Waals surface area contributed by atoms with Gasteiger partial charge in [-0.15, -0.1) is 11.2 Å². The molecule has 0 aromatic rings. The molecule has 0 amide bonds. The van der Waals surface area contributed by atoms with E-state index < -0.39 is 0 Å². The Morgan fingerprint density at radius 3 is 2.00 bits per heavy atom. The van der Waals surface area contributed by atoms with E-state index in [4.69, 9.17) is 9.68 Å². The van der Waals surface area contributed by atoms with E-state index in [0.29, 0.717) is 5.92 Å². The largest absolute Gasteiger partial charge is 0.251 e. The molecule has 0 aromatic heterocycles. The second-order valence-corrected chi connectivity index (χ2v) is 2.05. The summed E-state index contributed by atoms with van der Waals surface area (Å²) in [6, 6.07) is 0. The van der Waals surface area contributed by atoms with Crippen molar-refractivity contribution in [1.29, 1.82) is 0 Å². The maximum atomic E-state index is 4.83. The molecule has 0 aliphatic carbocycles. The van der Waals surface area contributed by atoms with Crippen LogP contribution >= 0.6 is 0 Å². The zero-order chi connectivity index (χ0) is 5.98. The van der Waals surface area contributed by atoms with Gasteiger partial charge in [0.2, 0.25) is 6.29 Å².